The highest BCUT2D eigenvalue weighted by molar-refractivity contribution is 5.89. The number of benzene rings is 2. The quantitative estimate of drug-likeness (QED) is 0.442. The van der Waals surface area contributed by atoms with Crippen molar-refractivity contribution in [1.29, 1.82) is 0 Å². The minimum atomic E-state index is -0.531. The third kappa shape index (κ3) is 2.94. The molecule has 9 heteroatoms. The summed E-state index contributed by atoms with van der Waals surface area (Å²) >= 11 is 0. The van der Waals surface area contributed by atoms with Crippen LogP contribution in [0.4, 0.5) is 0 Å². The Labute approximate surface area is 181 Å². The lowest BCUT2D eigenvalue weighted by Crippen LogP contribution is -2.28. The van der Waals surface area contributed by atoms with Crippen LogP contribution in [0.25, 0.3) is 33.9 Å². The maximum atomic E-state index is 12.6. The monoisotopic (exact) mass is 429 g/mol. The van der Waals surface area contributed by atoms with Gasteiger partial charge in [0.15, 0.2) is 11.2 Å². The molecule has 0 aliphatic heterocycles. The summed E-state index contributed by atoms with van der Waals surface area (Å²) in [5, 5.41) is 0. The van der Waals surface area contributed by atoms with Gasteiger partial charge in [0.2, 0.25) is 5.78 Å². The van der Waals surface area contributed by atoms with Crippen LogP contribution in [-0.2, 0) is 11.8 Å². The van der Waals surface area contributed by atoms with E-state index in [0.717, 1.165) is 16.9 Å². The van der Waals surface area contributed by atoms with Crippen molar-refractivity contribution in [3.05, 3.63) is 87.2 Å². The zero-order valence-electron chi connectivity index (χ0n) is 17.4. The van der Waals surface area contributed by atoms with Crippen molar-refractivity contribution in [1.82, 2.24) is 23.5 Å². The van der Waals surface area contributed by atoms with E-state index in [1.54, 1.807) is 42.6 Å². The van der Waals surface area contributed by atoms with E-state index in [1.807, 2.05) is 41.1 Å². The van der Waals surface area contributed by atoms with Crippen molar-refractivity contribution < 1.29 is 9.53 Å². The zero-order chi connectivity index (χ0) is 22.4. The topological polar surface area (TPSA) is 103 Å². The van der Waals surface area contributed by atoms with Gasteiger partial charge in [0.25, 0.3) is 5.56 Å². The fourth-order valence-corrected chi connectivity index (χ4v) is 3.79. The van der Waals surface area contributed by atoms with E-state index in [-0.39, 0.29) is 11.2 Å². The van der Waals surface area contributed by atoms with Crippen molar-refractivity contribution in [2.75, 3.05) is 6.61 Å². The molecule has 32 heavy (non-hydrogen) atoms. The summed E-state index contributed by atoms with van der Waals surface area (Å²) in [5.41, 5.74) is 2.42. The van der Waals surface area contributed by atoms with E-state index in [2.05, 4.69) is 9.97 Å². The summed E-state index contributed by atoms with van der Waals surface area (Å²) in [6.45, 7) is 2.05. The average molecular weight is 429 g/mol. The van der Waals surface area contributed by atoms with Crippen LogP contribution < -0.4 is 11.2 Å². The van der Waals surface area contributed by atoms with E-state index in [4.69, 9.17) is 4.74 Å². The van der Waals surface area contributed by atoms with Crippen molar-refractivity contribution in [3.63, 3.8) is 0 Å². The first-order valence-electron chi connectivity index (χ1n) is 10.1. The highest BCUT2D eigenvalue weighted by Crippen LogP contribution is 2.28. The number of fused-ring (bicyclic) bond motifs is 3. The highest BCUT2D eigenvalue weighted by atomic mass is 16.5. The molecular formula is C23H19N5O4. The Morgan fingerprint density at radius 2 is 1.78 bits per heavy atom. The van der Waals surface area contributed by atoms with Crippen LogP contribution in [0.15, 0.2) is 70.4 Å². The van der Waals surface area contributed by atoms with Gasteiger partial charge in [-0.15, -0.1) is 0 Å². The predicted octanol–water partition coefficient (Wildman–Crippen LogP) is 2.51. The zero-order valence-corrected chi connectivity index (χ0v) is 17.4. The molecule has 0 unspecified atom stereocenters. The van der Waals surface area contributed by atoms with Crippen molar-refractivity contribution in [2.45, 2.75) is 6.92 Å². The predicted molar refractivity (Wildman–Crippen MR) is 119 cm³/mol. The van der Waals surface area contributed by atoms with E-state index < -0.39 is 17.2 Å². The second-order valence-electron chi connectivity index (χ2n) is 7.26. The van der Waals surface area contributed by atoms with Crippen molar-refractivity contribution in [2.24, 2.45) is 7.05 Å². The molecule has 0 saturated carbocycles. The number of aryl methyl sites for hydroxylation is 1. The Morgan fingerprint density at radius 3 is 2.47 bits per heavy atom. The number of nitrogens with zero attached hydrogens (tertiary/aromatic N) is 4. The normalized spacial score (nSPS) is 11.3. The Morgan fingerprint density at radius 1 is 1.06 bits per heavy atom. The molecule has 0 aliphatic rings. The summed E-state index contributed by atoms with van der Waals surface area (Å²) in [7, 11) is 1.56. The van der Waals surface area contributed by atoms with Crippen LogP contribution in [0.5, 0.6) is 0 Å². The summed E-state index contributed by atoms with van der Waals surface area (Å²) < 4.78 is 9.93. The molecule has 0 bridgehead atoms. The molecule has 3 heterocycles. The molecule has 2 aromatic carbocycles. The number of aromatic nitrogens is 5. The van der Waals surface area contributed by atoms with E-state index in [0.29, 0.717) is 17.9 Å². The molecule has 3 aromatic heterocycles. The van der Waals surface area contributed by atoms with Crippen LogP contribution in [0, 0.1) is 0 Å². The Balaban J connectivity index is 1.81. The minimum Gasteiger partial charge on any atom is -0.462 e. The van der Waals surface area contributed by atoms with Crippen LogP contribution in [0.1, 0.15) is 17.3 Å². The van der Waals surface area contributed by atoms with Gasteiger partial charge in [0.1, 0.15) is 0 Å². The first-order chi connectivity index (χ1) is 15.5. The lowest BCUT2D eigenvalue weighted by Gasteiger charge is -2.10. The molecule has 0 fully saturated rings. The summed E-state index contributed by atoms with van der Waals surface area (Å²) in [5.74, 6) is 0.0718. The molecule has 5 aromatic rings. The summed E-state index contributed by atoms with van der Waals surface area (Å²) in [6.07, 6.45) is 1.82. The fourth-order valence-electron chi connectivity index (χ4n) is 3.79. The molecule has 5 rings (SSSR count). The number of rotatable bonds is 4. The first kappa shape index (κ1) is 19.6. The van der Waals surface area contributed by atoms with Gasteiger partial charge < -0.3 is 4.74 Å². The lowest BCUT2D eigenvalue weighted by atomic mass is 10.1. The van der Waals surface area contributed by atoms with Crippen molar-refractivity contribution in [3.8, 4) is 16.9 Å². The fraction of sp³-hybridized carbons (Fsp3) is 0.130. The second-order valence-corrected chi connectivity index (χ2v) is 7.26. The van der Waals surface area contributed by atoms with Crippen LogP contribution in [-0.4, -0.2) is 36.1 Å². The largest absolute Gasteiger partial charge is 0.462 e. The molecule has 0 atom stereocenters. The maximum absolute atomic E-state index is 12.6. The van der Waals surface area contributed by atoms with Gasteiger partial charge in [-0.25, -0.2) is 9.59 Å². The average Bonchev–Trinajstić information content (AvgIpc) is 3.35. The number of nitrogens with one attached hydrogen (secondary N) is 1. The number of hydrogen-bond acceptors (Lipinski definition) is 5. The Kier molecular flexibility index (Phi) is 4.51. The molecule has 0 spiro atoms. The van der Waals surface area contributed by atoms with Gasteiger partial charge in [0.05, 0.1) is 17.9 Å². The number of H-pyrrole nitrogens is 1. The van der Waals surface area contributed by atoms with Gasteiger partial charge in [-0.1, -0.05) is 30.3 Å². The molecule has 0 radical (unpaired) electrons. The third-order valence-electron chi connectivity index (χ3n) is 5.33. The molecule has 1 N–H and O–H groups in total. The van der Waals surface area contributed by atoms with Crippen LogP contribution in [0.3, 0.4) is 0 Å². The Bertz CT molecular complexity index is 1590. The smallest absolute Gasteiger partial charge is 0.338 e. The summed E-state index contributed by atoms with van der Waals surface area (Å²) in [4.78, 5) is 43.7. The first-order valence-corrected chi connectivity index (χ1v) is 10.1. The molecule has 0 amide bonds. The van der Waals surface area contributed by atoms with Gasteiger partial charge >= 0.3 is 11.7 Å². The minimum absolute atomic E-state index is 0.279. The van der Waals surface area contributed by atoms with E-state index in [1.165, 1.54) is 4.57 Å². The molecule has 0 aliphatic carbocycles. The standard InChI is InChI=1S/C23H19N5O4/c1-3-32-21(30)15-9-11-16(12-10-15)28-17(14-7-5-4-6-8-14)13-27-18-19(24-22(27)28)26(2)23(31)25-20(18)29/h4-13H,3H2,1-2H3,(H,25,29,31). The van der Waals surface area contributed by atoms with Gasteiger partial charge in [-0.05, 0) is 31.2 Å². The maximum Gasteiger partial charge on any atom is 0.338 e. The molecular weight excluding hydrogens is 410 g/mol. The Hall–Kier alpha value is -4.40. The SMILES string of the molecule is CCOC(=O)c1ccc(-n2c(-c3ccccc3)cn3c4c(=O)[nH]c(=O)n(C)c4nc23)cc1. The lowest BCUT2D eigenvalue weighted by molar-refractivity contribution is 0.0526. The molecule has 160 valence electrons. The van der Waals surface area contributed by atoms with Crippen LogP contribution >= 0.6 is 0 Å². The van der Waals surface area contributed by atoms with Gasteiger partial charge in [-0.2, -0.15) is 4.98 Å². The van der Waals surface area contributed by atoms with E-state index in [9.17, 15) is 14.4 Å². The number of esters is 1. The van der Waals surface area contributed by atoms with E-state index >= 15 is 0 Å². The summed E-state index contributed by atoms with van der Waals surface area (Å²) in [6, 6.07) is 16.6. The third-order valence-corrected chi connectivity index (χ3v) is 5.33. The van der Waals surface area contributed by atoms with Crippen molar-refractivity contribution >= 4 is 22.9 Å². The number of hydrogen-bond donors (Lipinski definition) is 1. The molecule has 9 nitrogen and oxygen atoms in total. The van der Waals surface area contributed by atoms with Crippen LogP contribution in [0.2, 0.25) is 0 Å². The number of aromatic amines is 1. The second kappa shape index (κ2) is 7.38. The van der Waals surface area contributed by atoms with Gasteiger partial charge in [0, 0.05) is 24.5 Å². The number of imidazole rings is 2. The number of carbonyl (C=O) groups excluding carboxylic acids is 1. The number of ether oxygens (including phenoxy) is 1. The highest BCUT2D eigenvalue weighted by Gasteiger charge is 2.20. The van der Waals surface area contributed by atoms with Gasteiger partial charge in [-0.3, -0.25) is 23.3 Å². The molecule has 0 saturated heterocycles. The number of carbonyl (C=O) groups is 1.